The number of carbonyl (C=O) groups is 4. The Morgan fingerprint density at radius 2 is 1.72 bits per heavy atom. The van der Waals surface area contributed by atoms with E-state index in [0.717, 1.165) is 0 Å². The molecular formula is C12H12O6. The second-order valence-electron chi connectivity index (χ2n) is 4.38. The van der Waals surface area contributed by atoms with Crippen LogP contribution >= 0.6 is 0 Å². The van der Waals surface area contributed by atoms with Crippen LogP contribution in [0.2, 0.25) is 0 Å². The molecule has 0 spiro atoms. The van der Waals surface area contributed by atoms with Crippen molar-refractivity contribution in [1.29, 1.82) is 0 Å². The van der Waals surface area contributed by atoms with Crippen molar-refractivity contribution in [1.82, 2.24) is 0 Å². The van der Waals surface area contributed by atoms with Gasteiger partial charge in [0.15, 0.2) is 0 Å². The summed E-state index contributed by atoms with van der Waals surface area (Å²) < 4.78 is 8.99. The second kappa shape index (κ2) is 4.36. The number of cyclic esters (lactones) is 4. The molecule has 2 aliphatic rings. The molecule has 0 aromatic carbocycles. The molecule has 0 aliphatic carbocycles. The summed E-state index contributed by atoms with van der Waals surface area (Å²) in [4.78, 5) is 45.5. The molecule has 96 valence electrons. The number of rotatable bonds is 2. The van der Waals surface area contributed by atoms with Crippen LogP contribution in [0.4, 0.5) is 0 Å². The van der Waals surface area contributed by atoms with Gasteiger partial charge < -0.3 is 9.47 Å². The summed E-state index contributed by atoms with van der Waals surface area (Å²) in [6.45, 7) is 3.18. The molecule has 0 amide bonds. The zero-order valence-electron chi connectivity index (χ0n) is 9.97. The van der Waals surface area contributed by atoms with E-state index in [1.165, 1.54) is 6.08 Å². The molecule has 2 saturated heterocycles. The van der Waals surface area contributed by atoms with E-state index < -0.39 is 41.6 Å². The zero-order valence-corrected chi connectivity index (χ0v) is 9.97. The highest BCUT2D eigenvalue weighted by atomic mass is 16.6. The normalized spacial score (nSPS) is 34.1. The minimum atomic E-state index is -0.784. The highest BCUT2D eigenvalue weighted by molar-refractivity contribution is 6.07. The lowest BCUT2D eigenvalue weighted by Gasteiger charge is -2.12. The van der Waals surface area contributed by atoms with Crippen LogP contribution in [0.5, 0.6) is 0 Å². The van der Waals surface area contributed by atoms with E-state index in [-0.39, 0.29) is 12.0 Å². The van der Waals surface area contributed by atoms with Crippen molar-refractivity contribution < 1.29 is 28.7 Å². The molecule has 2 fully saturated rings. The molecule has 2 rings (SSSR count). The molecule has 3 unspecified atom stereocenters. The lowest BCUT2D eigenvalue weighted by Crippen LogP contribution is -2.22. The molecule has 0 saturated carbocycles. The predicted octanol–water partition coefficient (Wildman–Crippen LogP) is 0.358. The van der Waals surface area contributed by atoms with Crippen LogP contribution in [0.1, 0.15) is 20.3 Å². The Hall–Kier alpha value is -1.98. The van der Waals surface area contributed by atoms with Crippen LogP contribution < -0.4 is 0 Å². The molecular weight excluding hydrogens is 240 g/mol. The zero-order chi connectivity index (χ0) is 13.4. The van der Waals surface area contributed by atoms with Gasteiger partial charge in [-0.2, -0.15) is 0 Å². The summed E-state index contributed by atoms with van der Waals surface area (Å²) in [5.41, 5.74) is 0.236. The molecule has 6 nitrogen and oxygen atoms in total. The fourth-order valence-corrected chi connectivity index (χ4v) is 2.22. The standard InChI is InChI=1S/C12H12O6/c1-3-6-8(12(16)18-10(6)14)4-7-5(2)9(13)17-11(7)15/h3,5,7-8H,4H2,1-2H3. The average molecular weight is 252 g/mol. The van der Waals surface area contributed by atoms with Crippen molar-refractivity contribution in [2.45, 2.75) is 20.3 Å². The first kappa shape index (κ1) is 12.5. The summed E-state index contributed by atoms with van der Waals surface area (Å²) in [7, 11) is 0. The third-order valence-corrected chi connectivity index (χ3v) is 3.37. The van der Waals surface area contributed by atoms with E-state index in [2.05, 4.69) is 9.47 Å². The molecule has 0 aromatic heterocycles. The fraction of sp³-hybridized carbons (Fsp3) is 0.500. The Kier molecular flexibility index (Phi) is 3.02. The first-order valence-corrected chi connectivity index (χ1v) is 5.63. The molecule has 6 heteroatoms. The van der Waals surface area contributed by atoms with Gasteiger partial charge in [0.1, 0.15) is 0 Å². The van der Waals surface area contributed by atoms with E-state index in [9.17, 15) is 19.2 Å². The highest BCUT2D eigenvalue weighted by Gasteiger charge is 2.47. The molecule has 18 heavy (non-hydrogen) atoms. The van der Waals surface area contributed by atoms with Gasteiger partial charge in [-0.15, -0.1) is 0 Å². The van der Waals surface area contributed by atoms with Gasteiger partial charge in [0, 0.05) is 5.57 Å². The van der Waals surface area contributed by atoms with Crippen molar-refractivity contribution in [2.24, 2.45) is 17.8 Å². The minimum Gasteiger partial charge on any atom is -0.393 e. The summed E-state index contributed by atoms with van der Waals surface area (Å²) in [6.07, 6.45) is 1.56. The quantitative estimate of drug-likeness (QED) is 0.400. The molecule has 2 aliphatic heterocycles. The van der Waals surface area contributed by atoms with Crippen LogP contribution in [-0.2, 0) is 28.7 Å². The highest BCUT2D eigenvalue weighted by Crippen LogP contribution is 2.35. The second-order valence-corrected chi connectivity index (χ2v) is 4.38. The van der Waals surface area contributed by atoms with Crippen molar-refractivity contribution >= 4 is 23.9 Å². The van der Waals surface area contributed by atoms with Gasteiger partial charge in [0.25, 0.3) is 0 Å². The molecule has 2 heterocycles. The van der Waals surface area contributed by atoms with E-state index in [4.69, 9.17) is 0 Å². The fourth-order valence-electron chi connectivity index (χ4n) is 2.22. The van der Waals surface area contributed by atoms with E-state index in [1.54, 1.807) is 13.8 Å². The number of esters is 4. The van der Waals surface area contributed by atoms with Gasteiger partial charge in [0.2, 0.25) is 0 Å². The first-order valence-electron chi connectivity index (χ1n) is 5.63. The van der Waals surface area contributed by atoms with Gasteiger partial charge in [0.05, 0.1) is 17.8 Å². The summed E-state index contributed by atoms with van der Waals surface area (Å²) in [6, 6.07) is 0. The largest absolute Gasteiger partial charge is 0.393 e. The molecule has 0 aromatic rings. The number of hydrogen-bond acceptors (Lipinski definition) is 6. The smallest absolute Gasteiger partial charge is 0.342 e. The predicted molar refractivity (Wildman–Crippen MR) is 56.7 cm³/mol. The van der Waals surface area contributed by atoms with Gasteiger partial charge in [-0.1, -0.05) is 13.0 Å². The van der Waals surface area contributed by atoms with Gasteiger partial charge in [-0.25, -0.2) is 4.79 Å². The van der Waals surface area contributed by atoms with Crippen molar-refractivity contribution in [3.05, 3.63) is 11.6 Å². The van der Waals surface area contributed by atoms with Crippen LogP contribution in [0, 0.1) is 17.8 Å². The third-order valence-electron chi connectivity index (χ3n) is 3.37. The average Bonchev–Trinajstić information content (AvgIpc) is 2.70. The van der Waals surface area contributed by atoms with Crippen LogP contribution in [0.3, 0.4) is 0 Å². The molecule has 0 radical (unpaired) electrons. The van der Waals surface area contributed by atoms with Crippen molar-refractivity contribution in [3.8, 4) is 0 Å². The Balaban J connectivity index is 2.19. The lowest BCUT2D eigenvalue weighted by molar-refractivity contribution is -0.154. The Morgan fingerprint density at radius 3 is 2.22 bits per heavy atom. The summed E-state index contributed by atoms with van der Waals surface area (Å²) in [5, 5.41) is 0. The van der Waals surface area contributed by atoms with Gasteiger partial charge in [-0.3, -0.25) is 14.4 Å². The monoisotopic (exact) mass is 252 g/mol. The Bertz CT molecular complexity index is 475. The lowest BCUT2D eigenvalue weighted by atomic mass is 9.84. The maximum absolute atomic E-state index is 11.5. The maximum atomic E-state index is 11.5. The molecule has 0 N–H and O–H groups in total. The number of ether oxygens (including phenoxy) is 2. The van der Waals surface area contributed by atoms with Crippen LogP contribution in [0.25, 0.3) is 0 Å². The third kappa shape index (κ3) is 1.83. The van der Waals surface area contributed by atoms with E-state index in [0.29, 0.717) is 0 Å². The van der Waals surface area contributed by atoms with E-state index >= 15 is 0 Å². The van der Waals surface area contributed by atoms with E-state index in [1.807, 2.05) is 0 Å². The molecule has 0 bridgehead atoms. The Morgan fingerprint density at radius 1 is 1.06 bits per heavy atom. The minimum absolute atomic E-state index is 0.0655. The van der Waals surface area contributed by atoms with Crippen LogP contribution in [-0.4, -0.2) is 23.9 Å². The first-order chi connectivity index (χ1) is 8.45. The number of allylic oxidation sites excluding steroid dienone is 1. The number of carbonyl (C=O) groups excluding carboxylic acids is 4. The SMILES string of the molecule is CC=C1C(=O)OC(=O)C1CC1C(=O)OC(=O)C1C. The van der Waals surface area contributed by atoms with Gasteiger partial charge in [-0.05, 0) is 13.3 Å². The van der Waals surface area contributed by atoms with Crippen molar-refractivity contribution in [3.63, 3.8) is 0 Å². The van der Waals surface area contributed by atoms with Gasteiger partial charge >= 0.3 is 23.9 Å². The summed E-state index contributed by atoms with van der Waals surface area (Å²) >= 11 is 0. The topological polar surface area (TPSA) is 86.7 Å². The summed E-state index contributed by atoms with van der Waals surface area (Å²) in [5.74, 6) is -4.67. The Labute approximate surface area is 103 Å². The number of hydrogen-bond donors (Lipinski definition) is 0. The molecule has 3 atom stereocenters. The van der Waals surface area contributed by atoms with Crippen molar-refractivity contribution in [2.75, 3.05) is 0 Å². The maximum Gasteiger partial charge on any atom is 0.342 e. The van der Waals surface area contributed by atoms with Crippen LogP contribution in [0.15, 0.2) is 11.6 Å².